The molecule has 0 spiro atoms. The molecule has 112 valence electrons. The van der Waals surface area contributed by atoms with Crippen molar-refractivity contribution in [3.8, 4) is 22.9 Å². The lowest BCUT2D eigenvalue weighted by molar-refractivity contribution is 0.373. The van der Waals surface area contributed by atoms with Crippen molar-refractivity contribution < 1.29 is 9.84 Å². The van der Waals surface area contributed by atoms with E-state index >= 15 is 0 Å². The summed E-state index contributed by atoms with van der Waals surface area (Å²) in [6, 6.07) is 7.13. The molecule has 1 heterocycles. The summed E-state index contributed by atoms with van der Waals surface area (Å²) in [7, 11) is 1.52. The van der Waals surface area contributed by atoms with Crippen LogP contribution in [0.4, 0.5) is 5.82 Å². The second kappa shape index (κ2) is 6.43. The highest BCUT2D eigenvalue weighted by Crippen LogP contribution is 2.31. The molecule has 0 radical (unpaired) electrons. The lowest BCUT2D eigenvalue weighted by Crippen LogP contribution is -2.05. The minimum absolute atomic E-state index is 0.0820. The molecule has 1 aromatic heterocycles. The normalized spacial score (nSPS) is 10.7. The van der Waals surface area contributed by atoms with E-state index in [2.05, 4.69) is 29.1 Å². The lowest BCUT2D eigenvalue weighted by Gasteiger charge is -2.12. The highest BCUT2D eigenvalue weighted by molar-refractivity contribution is 5.62. The van der Waals surface area contributed by atoms with E-state index in [4.69, 9.17) is 4.74 Å². The number of rotatable bonds is 5. The van der Waals surface area contributed by atoms with Crippen LogP contribution < -0.4 is 10.1 Å². The maximum Gasteiger partial charge on any atom is 0.161 e. The largest absolute Gasteiger partial charge is 0.504 e. The minimum atomic E-state index is 0.0820. The van der Waals surface area contributed by atoms with Crippen LogP contribution in [-0.4, -0.2) is 28.7 Å². The summed E-state index contributed by atoms with van der Waals surface area (Å²) in [5, 5.41) is 13.1. The van der Waals surface area contributed by atoms with Crippen molar-refractivity contribution in [3.05, 3.63) is 30.0 Å². The van der Waals surface area contributed by atoms with Crippen molar-refractivity contribution in [1.29, 1.82) is 0 Å². The maximum atomic E-state index is 9.91. The molecule has 0 amide bonds. The Bertz CT molecular complexity index is 627. The molecule has 2 rings (SSSR count). The topological polar surface area (TPSA) is 67.3 Å². The van der Waals surface area contributed by atoms with Gasteiger partial charge in [-0.3, -0.25) is 0 Å². The number of nitrogens with zero attached hydrogens (tertiary/aromatic N) is 2. The van der Waals surface area contributed by atoms with E-state index in [-0.39, 0.29) is 5.75 Å². The van der Waals surface area contributed by atoms with E-state index in [0.717, 1.165) is 23.6 Å². The van der Waals surface area contributed by atoms with E-state index in [1.807, 2.05) is 19.1 Å². The average molecular weight is 287 g/mol. The van der Waals surface area contributed by atoms with Crippen molar-refractivity contribution >= 4 is 5.82 Å². The summed E-state index contributed by atoms with van der Waals surface area (Å²) in [5.74, 6) is 2.21. The van der Waals surface area contributed by atoms with Gasteiger partial charge in [-0.1, -0.05) is 13.8 Å². The third-order valence-corrected chi connectivity index (χ3v) is 3.13. The molecule has 0 fully saturated rings. The van der Waals surface area contributed by atoms with Gasteiger partial charge in [0, 0.05) is 23.9 Å². The van der Waals surface area contributed by atoms with Crippen LogP contribution in [0.2, 0.25) is 0 Å². The van der Waals surface area contributed by atoms with Crippen molar-refractivity contribution in [2.24, 2.45) is 0 Å². The van der Waals surface area contributed by atoms with Crippen LogP contribution in [0.1, 0.15) is 32.4 Å². The number of phenolic OH excluding ortho intramolecular Hbond substituents is 1. The molecule has 0 saturated carbocycles. The van der Waals surface area contributed by atoms with Gasteiger partial charge in [-0.15, -0.1) is 0 Å². The Morgan fingerprint density at radius 1 is 1.24 bits per heavy atom. The van der Waals surface area contributed by atoms with Crippen LogP contribution in [-0.2, 0) is 0 Å². The van der Waals surface area contributed by atoms with Crippen molar-refractivity contribution in [3.63, 3.8) is 0 Å². The number of methoxy groups -OCH3 is 1. The minimum Gasteiger partial charge on any atom is -0.504 e. The fraction of sp³-hybridized carbons (Fsp3) is 0.375. The molecule has 0 unspecified atom stereocenters. The molecule has 0 aliphatic carbocycles. The molecule has 5 nitrogen and oxygen atoms in total. The van der Waals surface area contributed by atoms with Crippen LogP contribution in [0.25, 0.3) is 11.4 Å². The van der Waals surface area contributed by atoms with E-state index in [9.17, 15) is 5.11 Å². The smallest absolute Gasteiger partial charge is 0.161 e. The molecule has 2 aromatic rings. The molecule has 0 saturated heterocycles. The second-order valence-corrected chi connectivity index (χ2v) is 5.07. The van der Waals surface area contributed by atoms with Gasteiger partial charge in [-0.05, 0) is 31.0 Å². The van der Waals surface area contributed by atoms with Crippen LogP contribution in [0, 0.1) is 0 Å². The first-order valence-electron chi connectivity index (χ1n) is 7.05. The van der Waals surface area contributed by atoms with Crippen LogP contribution in [0.15, 0.2) is 24.3 Å². The van der Waals surface area contributed by atoms with Gasteiger partial charge in [-0.2, -0.15) is 0 Å². The summed E-state index contributed by atoms with van der Waals surface area (Å²) in [5.41, 5.74) is 1.72. The van der Waals surface area contributed by atoms with Crippen molar-refractivity contribution in [2.45, 2.75) is 26.7 Å². The lowest BCUT2D eigenvalue weighted by atomic mass is 10.1. The van der Waals surface area contributed by atoms with Gasteiger partial charge < -0.3 is 15.2 Å². The first-order chi connectivity index (χ1) is 10.0. The molecule has 21 heavy (non-hydrogen) atoms. The number of aromatic hydroxyl groups is 1. The molecule has 0 atom stereocenters. The molecule has 1 aromatic carbocycles. The van der Waals surface area contributed by atoms with Gasteiger partial charge in [0.1, 0.15) is 5.82 Å². The zero-order valence-electron chi connectivity index (χ0n) is 12.8. The predicted molar refractivity (Wildman–Crippen MR) is 83.9 cm³/mol. The van der Waals surface area contributed by atoms with Crippen molar-refractivity contribution in [2.75, 3.05) is 19.0 Å². The Balaban J connectivity index is 2.49. The van der Waals surface area contributed by atoms with Gasteiger partial charge in [0.15, 0.2) is 17.3 Å². The van der Waals surface area contributed by atoms with E-state index in [1.54, 1.807) is 12.1 Å². The number of ether oxygens (including phenoxy) is 1. The fourth-order valence-electron chi connectivity index (χ4n) is 1.99. The molecule has 2 N–H and O–H groups in total. The van der Waals surface area contributed by atoms with Gasteiger partial charge >= 0.3 is 0 Å². The molecular formula is C16H21N3O2. The number of anilines is 1. The van der Waals surface area contributed by atoms with Gasteiger partial charge in [-0.25, -0.2) is 9.97 Å². The molecule has 0 aliphatic heterocycles. The maximum absolute atomic E-state index is 9.91. The number of phenols is 1. The highest BCUT2D eigenvalue weighted by Gasteiger charge is 2.11. The number of hydrogen-bond acceptors (Lipinski definition) is 5. The highest BCUT2D eigenvalue weighted by atomic mass is 16.5. The van der Waals surface area contributed by atoms with E-state index < -0.39 is 0 Å². The van der Waals surface area contributed by atoms with Crippen LogP contribution in [0.3, 0.4) is 0 Å². The first kappa shape index (κ1) is 15.1. The molecule has 5 heteroatoms. The van der Waals surface area contributed by atoms with Gasteiger partial charge in [0.25, 0.3) is 0 Å². The fourth-order valence-corrected chi connectivity index (χ4v) is 1.99. The van der Waals surface area contributed by atoms with E-state index in [1.165, 1.54) is 7.11 Å². The summed E-state index contributed by atoms with van der Waals surface area (Å²) in [4.78, 5) is 9.08. The average Bonchev–Trinajstić information content (AvgIpc) is 2.47. The van der Waals surface area contributed by atoms with Crippen LogP contribution in [0.5, 0.6) is 11.5 Å². The standard InChI is InChI=1S/C16H21N3O2/c1-5-17-15-9-12(10(2)3)18-16(19-15)11-6-7-14(21-4)13(20)8-11/h6-10,20H,5H2,1-4H3,(H,17,18,19). The van der Waals surface area contributed by atoms with Gasteiger partial charge in [0.2, 0.25) is 0 Å². The number of aromatic nitrogens is 2. The molecule has 0 aliphatic rings. The Morgan fingerprint density at radius 2 is 2.00 bits per heavy atom. The van der Waals surface area contributed by atoms with Crippen molar-refractivity contribution in [1.82, 2.24) is 9.97 Å². The summed E-state index contributed by atoms with van der Waals surface area (Å²) in [6.07, 6.45) is 0. The number of benzene rings is 1. The van der Waals surface area contributed by atoms with Crippen LogP contribution >= 0.6 is 0 Å². The summed E-state index contributed by atoms with van der Waals surface area (Å²) in [6.45, 7) is 7.00. The number of nitrogens with one attached hydrogen (secondary N) is 1. The quantitative estimate of drug-likeness (QED) is 0.882. The predicted octanol–water partition coefficient (Wildman–Crippen LogP) is 3.41. The first-order valence-corrected chi connectivity index (χ1v) is 7.05. The van der Waals surface area contributed by atoms with E-state index in [0.29, 0.717) is 17.5 Å². The molecule has 0 bridgehead atoms. The monoisotopic (exact) mass is 287 g/mol. The third-order valence-electron chi connectivity index (χ3n) is 3.13. The number of hydrogen-bond donors (Lipinski definition) is 2. The third kappa shape index (κ3) is 3.42. The van der Waals surface area contributed by atoms with Gasteiger partial charge in [0.05, 0.1) is 7.11 Å². The Kier molecular flexibility index (Phi) is 4.62. The molecular weight excluding hydrogens is 266 g/mol. The Hall–Kier alpha value is -2.30. The second-order valence-electron chi connectivity index (χ2n) is 5.07. The zero-order valence-corrected chi connectivity index (χ0v) is 12.8. The summed E-state index contributed by atoms with van der Waals surface area (Å²) < 4.78 is 5.06. The summed E-state index contributed by atoms with van der Waals surface area (Å²) >= 11 is 0. The Morgan fingerprint density at radius 3 is 2.57 bits per heavy atom. The Labute approximate surface area is 125 Å². The zero-order chi connectivity index (χ0) is 15.4. The SMILES string of the molecule is CCNc1cc(C(C)C)nc(-c2ccc(OC)c(O)c2)n1.